The largest absolute Gasteiger partial charge is 0.469 e. The zero-order valence-corrected chi connectivity index (χ0v) is 20.1. The smallest absolute Gasteiger partial charge is 0.308 e. The lowest BCUT2D eigenvalue weighted by atomic mass is 9.97. The maximum atomic E-state index is 11.7. The second kappa shape index (κ2) is 12.4. The third-order valence-corrected chi connectivity index (χ3v) is 5.87. The number of likely N-dealkylation sites (tertiary alicyclic amines) is 2. The molecule has 1 aromatic carbocycles. The molecule has 7 heteroatoms. The summed E-state index contributed by atoms with van der Waals surface area (Å²) in [5.74, 6) is 0.833. The van der Waals surface area contributed by atoms with Gasteiger partial charge in [-0.05, 0) is 49.9 Å². The molecule has 0 radical (unpaired) electrons. The summed E-state index contributed by atoms with van der Waals surface area (Å²) in [5, 5.41) is 3.46. The lowest BCUT2D eigenvalue weighted by molar-refractivity contribution is -0.146. The molecule has 2 aliphatic rings. The van der Waals surface area contributed by atoms with Crippen LogP contribution in [-0.4, -0.2) is 62.1 Å². The number of rotatable bonds is 5. The Hall–Kier alpha value is -1.35. The molecule has 1 N–H and O–H groups in total. The number of hydrogen-bond donors (Lipinski definition) is 1. The van der Waals surface area contributed by atoms with Crippen molar-refractivity contribution in [3.8, 4) is 0 Å². The van der Waals surface area contributed by atoms with Crippen molar-refractivity contribution in [2.75, 3.05) is 40.3 Å². The van der Waals surface area contributed by atoms with Crippen LogP contribution >= 0.6 is 24.0 Å². The second-order valence-corrected chi connectivity index (χ2v) is 7.84. The summed E-state index contributed by atoms with van der Waals surface area (Å²) < 4.78 is 4.87. The van der Waals surface area contributed by atoms with Crippen molar-refractivity contribution in [3.63, 3.8) is 0 Å². The molecule has 0 atom stereocenters. The Morgan fingerprint density at radius 3 is 2.28 bits per heavy atom. The van der Waals surface area contributed by atoms with Crippen LogP contribution in [0.25, 0.3) is 0 Å². The van der Waals surface area contributed by atoms with E-state index in [0.29, 0.717) is 0 Å². The minimum Gasteiger partial charge on any atom is -0.469 e. The molecule has 0 spiro atoms. The number of nitrogens with one attached hydrogen (secondary N) is 1. The van der Waals surface area contributed by atoms with E-state index in [-0.39, 0.29) is 35.9 Å². The highest BCUT2D eigenvalue weighted by atomic mass is 127. The summed E-state index contributed by atoms with van der Waals surface area (Å²) in [6.45, 7) is 5.93. The fourth-order valence-electron chi connectivity index (χ4n) is 4.15. The van der Waals surface area contributed by atoms with E-state index < -0.39 is 0 Å². The first-order chi connectivity index (χ1) is 13.7. The zero-order valence-electron chi connectivity index (χ0n) is 17.7. The zero-order chi connectivity index (χ0) is 19.8. The Labute approximate surface area is 192 Å². The van der Waals surface area contributed by atoms with Gasteiger partial charge >= 0.3 is 5.97 Å². The highest BCUT2D eigenvalue weighted by Gasteiger charge is 2.26. The third kappa shape index (κ3) is 7.13. The number of guanidine groups is 1. The Kier molecular flexibility index (Phi) is 10.2. The maximum Gasteiger partial charge on any atom is 0.308 e. The second-order valence-electron chi connectivity index (χ2n) is 7.84. The number of carbonyl (C=O) groups is 1. The van der Waals surface area contributed by atoms with Crippen LogP contribution in [0.4, 0.5) is 0 Å². The Morgan fingerprint density at radius 1 is 1.07 bits per heavy atom. The van der Waals surface area contributed by atoms with Crippen molar-refractivity contribution in [3.05, 3.63) is 35.4 Å². The molecule has 6 nitrogen and oxygen atoms in total. The van der Waals surface area contributed by atoms with Crippen molar-refractivity contribution < 1.29 is 9.53 Å². The molecule has 0 aromatic heterocycles. The third-order valence-electron chi connectivity index (χ3n) is 5.87. The van der Waals surface area contributed by atoms with Gasteiger partial charge in [0.25, 0.3) is 0 Å². The average Bonchev–Trinajstić information content (AvgIpc) is 2.76. The first-order valence-corrected chi connectivity index (χ1v) is 10.5. The number of piperidine rings is 2. The predicted octanol–water partition coefficient (Wildman–Crippen LogP) is 3.25. The summed E-state index contributed by atoms with van der Waals surface area (Å²) in [6, 6.07) is 8.92. The maximum absolute atomic E-state index is 11.7. The van der Waals surface area contributed by atoms with Crippen molar-refractivity contribution in [2.24, 2.45) is 10.9 Å². The number of methoxy groups -OCH3 is 1. The number of esters is 1. The van der Waals surface area contributed by atoms with Crippen LogP contribution < -0.4 is 5.32 Å². The van der Waals surface area contributed by atoms with Crippen LogP contribution in [0.3, 0.4) is 0 Å². The quantitative estimate of drug-likeness (QED) is 0.283. The van der Waals surface area contributed by atoms with Crippen LogP contribution in [0, 0.1) is 5.92 Å². The lowest BCUT2D eigenvalue weighted by Crippen LogP contribution is -2.46. The Morgan fingerprint density at radius 2 is 1.69 bits per heavy atom. The van der Waals surface area contributed by atoms with Gasteiger partial charge in [-0.15, -0.1) is 24.0 Å². The first kappa shape index (κ1) is 23.9. The molecular weight excluding hydrogens is 479 g/mol. The summed E-state index contributed by atoms with van der Waals surface area (Å²) in [4.78, 5) is 20.9. The van der Waals surface area contributed by atoms with Gasteiger partial charge in [0.05, 0.1) is 13.0 Å². The van der Waals surface area contributed by atoms with E-state index in [9.17, 15) is 4.79 Å². The minimum atomic E-state index is -0.0905. The number of aliphatic imine (C=N–C) groups is 1. The molecule has 1 aromatic rings. The summed E-state index contributed by atoms with van der Waals surface area (Å²) in [6.07, 6.45) is 5.68. The highest BCUT2D eigenvalue weighted by molar-refractivity contribution is 14.0. The number of hydrogen-bond acceptors (Lipinski definition) is 4. The molecular formula is C22H35IN4O2. The summed E-state index contributed by atoms with van der Waals surface area (Å²) >= 11 is 0. The number of carbonyl (C=O) groups excluding carboxylic acids is 1. The van der Waals surface area contributed by atoms with Gasteiger partial charge in [-0.1, -0.05) is 30.7 Å². The molecule has 2 heterocycles. The molecule has 0 bridgehead atoms. The number of ether oxygens (including phenoxy) is 1. The average molecular weight is 514 g/mol. The fraction of sp³-hybridized carbons (Fsp3) is 0.636. The van der Waals surface area contributed by atoms with E-state index >= 15 is 0 Å². The van der Waals surface area contributed by atoms with Crippen molar-refractivity contribution in [2.45, 2.75) is 45.2 Å². The normalized spacial score (nSPS) is 18.8. The molecule has 0 unspecified atom stereocenters. The SMILES string of the molecule is CN=C(NCc1ccc(CN2CCCCC2)cc1)N1CCC(C(=O)OC)CC1.I. The van der Waals surface area contributed by atoms with E-state index in [0.717, 1.165) is 45.0 Å². The Balaban J connectivity index is 0.00000300. The van der Waals surface area contributed by atoms with Crippen molar-refractivity contribution in [1.82, 2.24) is 15.1 Å². The van der Waals surface area contributed by atoms with E-state index in [1.54, 1.807) is 0 Å². The molecule has 162 valence electrons. The van der Waals surface area contributed by atoms with E-state index in [4.69, 9.17) is 4.74 Å². The standard InChI is InChI=1S/C22H34N4O2.HI/c1-23-22(26-14-10-20(11-15-26)21(27)28-2)24-16-18-6-8-19(9-7-18)17-25-12-4-3-5-13-25;/h6-9,20H,3-5,10-17H2,1-2H3,(H,23,24);1H. The molecule has 2 aliphatic heterocycles. The van der Waals surface area contributed by atoms with E-state index in [2.05, 4.69) is 44.4 Å². The van der Waals surface area contributed by atoms with Crippen molar-refractivity contribution >= 4 is 35.9 Å². The molecule has 0 saturated carbocycles. The van der Waals surface area contributed by atoms with Crippen LogP contribution in [0.1, 0.15) is 43.2 Å². The van der Waals surface area contributed by atoms with Gasteiger partial charge in [-0.3, -0.25) is 14.7 Å². The molecule has 2 saturated heterocycles. The molecule has 0 amide bonds. The number of nitrogens with zero attached hydrogens (tertiary/aromatic N) is 3. The van der Waals surface area contributed by atoms with E-state index in [1.807, 2.05) is 7.05 Å². The van der Waals surface area contributed by atoms with Crippen LogP contribution in [0.2, 0.25) is 0 Å². The topological polar surface area (TPSA) is 57.2 Å². The van der Waals surface area contributed by atoms with Gasteiger partial charge < -0.3 is 15.0 Å². The van der Waals surface area contributed by atoms with Crippen LogP contribution in [0.15, 0.2) is 29.3 Å². The monoisotopic (exact) mass is 514 g/mol. The van der Waals surface area contributed by atoms with Crippen molar-refractivity contribution in [1.29, 1.82) is 0 Å². The summed E-state index contributed by atoms with van der Waals surface area (Å²) in [7, 11) is 3.28. The molecule has 3 rings (SSSR count). The summed E-state index contributed by atoms with van der Waals surface area (Å²) in [5.41, 5.74) is 2.65. The molecule has 29 heavy (non-hydrogen) atoms. The van der Waals surface area contributed by atoms with Gasteiger partial charge in [0, 0.05) is 33.2 Å². The number of benzene rings is 1. The molecule has 2 fully saturated rings. The Bertz CT molecular complexity index is 651. The fourth-order valence-corrected chi connectivity index (χ4v) is 4.15. The number of halogens is 1. The van der Waals surface area contributed by atoms with Gasteiger partial charge in [0.2, 0.25) is 0 Å². The van der Waals surface area contributed by atoms with Gasteiger partial charge in [-0.25, -0.2) is 0 Å². The molecule has 0 aliphatic carbocycles. The lowest BCUT2D eigenvalue weighted by Gasteiger charge is -2.33. The van der Waals surface area contributed by atoms with Crippen LogP contribution in [-0.2, 0) is 22.6 Å². The minimum absolute atomic E-state index is 0. The van der Waals surface area contributed by atoms with Gasteiger partial charge in [-0.2, -0.15) is 0 Å². The van der Waals surface area contributed by atoms with Gasteiger partial charge in [0.1, 0.15) is 0 Å². The predicted molar refractivity (Wildman–Crippen MR) is 127 cm³/mol. The van der Waals surface area contributed by atoms with Gasteiger partial charge in [0.15, 0.2) is 5.96 Å². The van der Waals surface area contributed by atoms with E-state index in [1.165, 1.54) is 50.6 Å². The highest BCUT2D eigenvalue weighted by Crippen LogP contribution is 2.18. The first-order valence-electron chi connectivity index (χ1n) is 10.5. The van der Waals surface area contributed by atoms with Crippen LogP contribution in [0.5, 0.6) is 0 Å².